The van der Waals surface area contributed by atoms with Crippen LogP contribution in [0.3, 0.4) is 0 Å². The van der Waals surface area contributed by atoms with Gasteiger partial charge in [0.1, 0.15) is 0 Å². The van der Waals surface area contributed by atoms with Crippen LogP contribution in [0.2, 0.25) is 0 Å². The van der Waals surface area contributed by atoms with Gasteiger partial charge in [-0.05, 0) is 75.2 Å². The number of hydrogen-bond acceptors (Lipinski definition) is 3. The van der Waals surface area contributed by atoms with E-state index in [4.69, 9.17) is 4.55 Å². The number of unbranched alkanes of at least 4 members (excludes halogenated alkanes) is 1. The van der Waals surface area contributed by atoms with E-state index in [2.05, 4.69) is 5.32 Å². The van der Waals surface area contributed by atoms with E-state index >= 15 is 0 Å². The van der Waals surface area contributed by atoms with Crippen molar-refractivity contribution in [1.82, 2.24) is 5.32 Å². The normalized spacial score (nSPS) is 40.8. The van der Waals surface area contributed by atoms with Gasteiger partial charge in [-0.1, -0.05) is 0 Å². The Morgan fingerprint density at radius 1 is 0.947 bits per heavy atom. The van der Waals surface area contributed by atoms with E-state index in [1.165, 1.54) is 32.1 Å². The Balaban J connectivity index is 1.41. The molecule has 0 saturated heterocycles. The number of nitrogens with one attached hydrogen (secondary N) is 1. The standard InChI is InChI=1S/C14H25NO3S/c16-19(17,18)4-2-1-3-15-14-12-6-10-5-11(8-12)9-13(14)7-10/h10-15H,1-9H2,(H,16,17,18)/t10-,11+,12-,13+,14?. The molecule has 4 aliphatic rings. The summed E-state index contributed by atoms with van der Waals surface area (Å²) < 4.78 is 29.9. The van der Waals surface area contributed by atoms with Crippen molar-refractivity contribution >= 4 is 10.1 Å². The van der Waals surface area contributed by atoms with Crippen molar-refractivity contribution in [2.24, 2.45) is 23.7 Å². The Morgan fingerprint density at radius 3 is 2.05 bits per heavy atom. The summed E-state index contributed by atoms with van der Waals surface area (Å²) in [5.74, 6) is 3.65. The lowest BCUT2D eigenvalue weighted by Crippen LogP contribution is -2.54. The third kappa shape index (κ3) is 3.31. The average Bonchev–Trinajstić information content (AvgIpc) is 2.29. The van der Waals surface area contributed by atoms with Gasteiger partial charge in [-0.3, -0.25) is 4.55 Å². The monoisotopic (exact) mass is 287 g/mol. The molecule has 0 aliphatic heterocycles. The Hall–Kier alpha value is -0.130. The first-order valence-corrected chi connectivity index (χ1v) is 9.31. The average molecular weight is 287 g/mol. The Labute approximate surface area is 116 Å². The molecule has 4 fully saturated rings. The molecule has 19 heavy (non-hydrogen) atoms. The Morgan fingerprint density at radius 2 is 1.53 bits per heavy atom. The van der Waals surface area contributed by atoms with E-state index in [1.54, 1.807) is 0 Å². The van der Waals surface area contributed by atoms with Gasteiger partial charge in [0.2, 0.25) is 0 Å². The van der Waals surface area contributed by atoms with Gasteiger partial charge < -0.3 is 5.32 Å². The van der Waals surface area contributed by atoms with Crippen molar-refractivity contribution in [3.05, 3.63) is 0 Å². The van der Waals surface area contributed by atoms with Crippen LogP contribution in [0.15, 0.2) is 0 Å². The van der Waals surface area contributed by atoms with Gasteiger partial charge in [-0.15, -0.1) is 0 Å². The van der Waals surface area contributed by atoms with E-state index in [-0.39, 0.29) is 5.75 Å². The van der Waals surface area contributed by atoms with E-state index < -0.39 is 10.1 Å². The zero-order chi connectivity index (χ0) is 13.5. The maximum Gasteiger partial charge on any atom is 0.264 e. The van der Waals surface area contributed by atoms with E-state index in [0.29, 0.717) is 12.5 Å². The van der Waals surface area contributed by atoms with Gasteiger partial charge in [0.15, 0.2) is 0 Å². The van der Waals surface area contributed by atoms with Crippen LogP contribution in [0.1, 0.15) is 44.9 Å². The van der Waals surface area contributed by atoms with Gasteiger partial charge in [0.25, 0.3) is 10.1 Å². The highest BCUT2D eigenvalue weighted by atomic mass is 32.2. The SMILES string of the molecule is O=S(=O)(O)CCCCNC1[C@H]2C[C@@H]3C[C@@H](C[C@H]1C3)C2. The van der Waals surface area contributed by atoms with Crippen LogP contribution in [0.25, 0.3) is 0 Å². The molecular formula is C14H25NO3S. The second kappa shape index (κ2) is 5.34. The minimum atomic E-state index is -3.77. The minimum absolute atomic E-state index is 0.101. The van der Waals surface area contributed by atoms with Crippen molar-refractivity contribution < 1.29 is 13.0 Å². The molecule has 4 aliphatic carbocycles. The lowest BCUT2D eigenvalue weighted by molar-refractivity contribution is -0.0135. The van der Waals surface area contributed by atoms with Gasteiger partial charge in [-0.2, -0.15) is 8.42 Å². The summed E-state index contributed by atoms with van der Waals surface area (Å²) in [7, 11) is -3.77. The van der Waals surface area contributed by atoms with Crippen molar-refractivity contribution in [2.75, 3.05) is 12.3 Å². The zero-order valence-corrected chi connectivity index (χ0v) is 12.2. The lowest BCUT2D eigenvalue weighted by Gasteiger charge is -2.54. The van der Waals surface area contributed by atoms with Crippen molar-refractivity contribution in [3.8, 4) is 0 Å². The molecule has 0 aromatic carbocycles. The number of hydrogen-bond donors (Lipinski definition) is 2. The third-order valence-corrected chi connectivity index (χ3v) is 6.24. The number of rotatable bonds is 6. The maximum absolute atomic E-state index is 10.6. The molecule has 0 atom stereocenters. The molecule has 4 bridgehead atoms. The Bertz CT molecular complexity index is 392. The molecule has 0 amide bonds. The van der Waals surface area contributed by atoms with Crippen LogP contribution >= 0.6 is 0 Å². The first kappa shape index (κ1) is 13.8. The molecule has 2 N–H and O–H groups in total. The summed E-state index contributed by atoms with van der Waals surface area (Å²) in [5, 5.41) is 3.67. The largest absolute Gasteiger partial charge is 0.313 e. The van der Waals surface area contributed by atoms with Crippen molar-refractivity contribution in [3.63, 3.8) is 0 Å². The predicted octanol–water partition coefficient (Wildman–Crippen LogP) is 2.07. The van der Waals surface area contributed by atoms with Crippen LogP contribution in [0, 0.1) is 23.7 Å². The van der Waals surface area contributed by atoms with E-state index in [0.717, 1.165) is 36.6 Å². The van der Waals surface area contributed by atoms with Crippen LogP contribution < -0.4 is 5.32 Å². The van der Waals surface area contributed by atoms with Gasteiger partial charge >= 0.3 is 0 Å². The highest BCUT2D eigenvalue weighted by Crippen LogP contribution is 2.53. The molecule has 0 aromatic heterocycles. The quantitative estimate of drug-likeness (QED) is 0.580. The van der Waals surface area contributed by atoms with Crippen LogP contribution in [-0.2, 0) is 10.1 Å². The Kier molecular flexibility index (Phi) is 3.89. The first-order valence-electron chi connectivity index (χ1n) is 7.70. The molecule has 4 nitrogen and oxygen atoms in total. The molecule has 4 saturated carbocycles. The molecule has 0 radical (unpaired) electrons. The molecule has 0 unspecified atom stereocenters. The van der Waals surface area contributed by atoms with E-state index in [1.807, 2.05) is 0 Å². The lowest BCUT2D eigenvalue weighted by atomic mass is 9.54. The molecule has 4 rings (SSSR count). The molecular weight excluding hydrogens is 262 g/mol. The maximum atomic E-state index is 10.6. The minimum Gasteiger partial charge on any atom is -0.313 e. The summed E-state index contributed by atoms with van der Waals surface area (Å²) in [4.78, 5) is 0. The fourth-order valence-corrected chi connectivity index (χ4v) is 5.51. The highest BCUT2D eigenvalue weighted by Gasteiger charge is 2.47. The summed E-state index contributed by atoms with van der Waals surface area (Å²) in [6.07, 6.45) is 8.52. The highest BCUT2D eigenvalue weighted by molar-refractivity contribution is 7.85. The van der Waals surface area contributed by atoms with Crippen molar-refractivity contribution in [2.45, 2.75) is 51.0 Å². The zero-order valence-electron chi connectivity index (χ0n) is 11.4. The molecule has 5 heteroatoms. The molecule has 110 valence electrons. The smallest absolute Gasteiger partial charge is 0.264 e. The van der Waals surface area contributed by atoms with Crippen LogP contribution in [-0.4, -0.2) is 31.3 Å². The van der Waals surface area contributed by atoms with Gasteiger partial charge in [0.05, 0.1) is 5.75 Å². The van der Waals surface area contributed by atoms with E-state index in [9.17, 15) is 8.42 Å². The van der Waals surface area contributed by atoms with Crippen LogP contribution in [0.4, 0.5) is 0 Å². The summed E-state index contributed by atoms with van der Waals surface area (Å²) in [6.45, 7) is 0.891. The first-order chi connectivity index (χ1) is 9.01. The topological polar surface area (TPSA) is 66.4 Å². The van der Waals surface area contributed by atoms with Gasteiger partial charge in [0, 0.05) is 6.04 Å². The third-order valence-electron chi connectivity index (χ3n) is 5.44. The molecule has 0 spiro atoms. The van der Waals surface area contributed by atoms with Crippen molar-refractivity contribution in [1.29, 1.82) is 0 Å². The summed E-state index contributed by atoms with van der Waals surface area (Å²) in [5.41, 5.74) is 0. The predicted molar refractivity (Wildman–Crippen MR) is 74.5 cm³/mol. The molecule has 0 heterocycles. The molecule has 0 aromatic rings. The fraction of sp³-hybridized carbons (Fsp3) is 1.00. The second-order valence-electron chi connectivity index (χ2n) is 6.90. The van der Waals surface area contributed by atoms with Crippen LogP contribution in [0.5, 0.6) is 0 Å². The second-order valence-corrected chi connectivity index (χ2v) is 8.48. The van der Waals surface area contributed by atoms with Gasteiger partial charge in [-0.25, -0.2) is 0 Å². The fourth-order valence-electron chi connectivity index (χ4n) is 4.94. The summed E-state index contributed by atoms with van der Waals surface area (Å²) in [6, 6.07) is 0.679. The summed E-state index contributed by atoms with van der Waals surface area (Å²) >= 11 is 0.